The molecule has 0 aliphatic carbocycles. The number of nitrogens with one attached hydrogen (secondary N) is 1. The van der Waals surface area contributed by atoms with Crippen molar-refractivity contribution in [3.8, 4) is 0 Å². The molecule has 0 saturated carbocycles. The first-order valence-electron chi connectivity index (χ1n) is 6.20. The molecule has 18 heavy (non-hydrogen) atoms. The average Bonchev–Trinajstić information content (AvgIpc) is 2.55. The predicted octanol–water partition coefficient (Wildman–Crippen LogP) is 0.359. The lowest BCUT2D eigenvalue weighted by Gasteiger charge is -2.11. The lowest BCUT2D eigenvalue weighted by molar-refractivity contribution is -0.122. The fourth-order valence-electron chi connectivity index (χ4n) is 1.72. The Hall–Kier alpha value is -1.56. The Morgan fingerprint density at radius 1 is 1.56 bits per heavy atom. The van der Waals surface area contributed by atoms with Gasteiger partial charge in [-0.25, -0.2) is 0 Å². The van der Waals surface area contributed by atoms with Gasteiger partial charge in [0.2, 0.25) is 5.91 Å². The second-order valence-corrected chi connectivity index (χ2v) is 4.49. The van der Waals surface area contributed by atoms with Crippen molar-refractivity contribution >= 4 is 11.6 Å². The number of carbonyl (C=O) groups excluding carboxylic acids is 1. The summed E-state index contributed by atoms with van der Waals surface area (Å²) >= 11 is 0. The van der Waals surface area contributed by atoms with Crippen LogP contribution in [0.1, 0.15) is 31.2 Å². The molecule has 0 radical (unpaired) electrons. The molecule has 0 fully saturated rings. The third-order valence-corrected chi connectivity index (χ3v) is 2.89. The van der Waals surface area contributed by atoms with Crippen molar-refractivity contribution in [3.63, 3.8) is 0 Å². The van der Waals surface area contributed by atoms with Gasteiger partial charge in [-0.15, -0.1) is 0 Å². The molecule has 1 amide bonds. The van der Waals surface area contributed by atoms with Crippen LogP contribution >= 0.6 is 0 Å². The van der Waals surface area contributed by atoms with Crippen LogP contribution in [-0.4, -0.2) is 33.4 Å². The third-order valence-electron chi connectivity index (χ3n) is 2.89. The smallest absolute Gasteiger partial charge is 0.241 e. The molecule has 0 bridgehead atoms. The summed E-state index contributed by atoms with van der Waals surface area (Å²) in [6.45, 7) is 6.03. The molecule has 0 aliphatic rings. The number of nitrogens with two attached hydrogens (primary N) is 1. The van der Waals surface area contributed by atoms with Crippen LogP contribution in [0.5, 0.6) is 0 Å². The van der Waals surface area contributed by atoms with Crippen LogP contribution in [0.15, 0.2) is 0 Å². The van der Waals surface area contributed by atoms with Crippen molar-refractivity contribution in [3.05, 3.63) is 11.4 Å². The van der Waals surface area contributed by atoms with Crippen LogP contribution in [0.4, 0.5) is 5.69 Å². The van der Waals surface area contributed by atoms with Gasteiger partial charge in [-0.2, -0.15) is 5.10 Å². The Morgan fingerprint density at radius 3 is 2.72 bits per heavy atom. The monoisotopic (exact) mass is 254 g/mol. The maximum atomic E-state index is 11.7. The largest absolute Gasteiger partial charge is 0.396 e. The van der Waals surface area contributed by atoms with E-state index in [0.29, 0.717) is 12.1 Å². The molecule has 0 saturated heterocycles. The van der Waals surface area contributed by atoms with Gasteiger partial charge < -0.3 is 16.2 Å². The van der Waals surface area contributed by atoms with Gasteiger partial charge in [-0.3, -0.25) is 9.48 Å². The van der Waals surface area contributed by atoms with Crippen molar-refractivity contribution in [1.82, 2.24) is 15.1 Å². The number of nitrogen functional groups attached to an aromatic ring is 1. The molecule has 102 valence electrons. The van der Waals surface area contributed by atoms with Crippen LogP contribution in [0.25, 0.3) is 0 Å². The van der Waals surface area contributed by atoms with Gasteiger partial charge >= 0.3 is 0 Å². The Kier molecular flexibility index (Phi) is 5.15. The summed E-state index contributed by atoms with van der Waals surface area (Å²) in [7, 11) is 0. The highest BCUT2D eigenvalue weighted by molar-refractivity contribution is 5.75. The summed E-state index contributed by atoms with van der Waals surface area (Å²) < 4.78 is 1.58. The Morgan fingerprint density at radius 2 is 2.22 bits per heavy atom. The standard InChI is InChI=1S/C12H22N4O2/c1-4-5-10(17)6-14-11(18)7-16-9(3)12(13)8(2)15-16/h10,17H,4-7,13H2,1-3H3,(H,14,18). The molecule has 1 heterocycles. The highest BCUT2D eigenvalue weighted by atomic mass is 16.3. The van der Waals surface area contributed by atoms with Crippen molar-refractivity contribution in [2.75, 3.05) is 12.3 Å². The summed E-state index contributed by atoms with van der Waals surface area (Å²) in [5.74, 6) is -0.171. The molecule has 4 N–H and O–H groups in total. The van der Waals surface area contributed by atoms with E-state index in [9.17, 15) is 9.90 Å². The van der Waals surface area contributed by atoms with Crippen molar-refractivity contribution < 1.29 is 9.90 Å². The third kappa shape index (κ3) is 3.73. The SMILES string of the molecule is CCCC(O)CNC(=O)Cn1nc(C)c(N)c1C. The lowest BCUT2D eigenvalue weighted by Crippen LogP contribution is -2.34. The summed E-state index contributed by atoms with van der Waals surface area (Å²) in [4.78, 5) is 11.7. The lowest BCUT2D eigenvalue weighted by atomic mass is 10.2. The number of rotatable bonds is 6. The number of aliphatic hydroxyl groups excluding tert-OH is 1. The van der Waals surface area contributed by atoms with Gasteiger partial charge in [-0.05, 0) is 20.3 Å². The normalized spacial score (nSPS) is 12.4. The number of amides is 1. The van der Waals surface area contributed by atoms with Crippen LogP contribution in [0, 0.1) is 13.8 Å². The molecule has 1 rings (SSSR count). The first-order chi connectivity index (χ1) is 8.45. The summed E-state index contributed by atoms with van der Waals surface area (Å²) in [5.41, 5.74) is 7.92. The van der Waals surface area contributed by atoms with Gasteiger partial charge in [0.15, 0.2) is 0 Å². The number of hydrogen-bond donors (Lipinski definition) is 3. The maximum Gasteiger partial charge on any atom is 0.241 e. The van der Waals surface area contributed by atoms with Crippen molar-refractivity contribution in [2.45, 2.75) is 46.3 Å². The quantitative estimate of drug-likeness (QED) is 0.683. The predicted molar refractivity (Wildman–Crippen MR) is 70.0 cm³/mol. The van der Waals surface area contributed by atoms with Crippen LogP contribution in [0.3, 0.4) is 0 Å². The molecule has 1 atom stereocenters. The molecule has 1 aromatic heterocycles. The fourth-order valence-corrected chi connectivity index (χ4v) is 1.72. The molecule has 0 aliphatic heterocycles. The zero-order valence-electron chi connectivity index (χ0n) is 11.2. The van der Waals surface area contributed by atoms with Crippen LogP contribution in [0.2, 0.25) is 0 Å². The minimum Gasteiger partial charge on any atom is -0.396 e. The van der Waals surface area contributed by atoms with E-state index in [4.69, 9.17) is 5.73 Å². The fraction of sp³-hybridized carbons (Fsp3) is 0.667. The van der Waals surface area contributed by atoms with E-state index in [-0.39, 0.29) is 19.0 Å². The molecular formula is C12H22N4O2. The summed E-state index contributed by atoms with van der Waals surface area (Å²) in [5, 5.41) is 16.4. The Labute approximate surface area is 107 Å². The zero-order chi connectivity index (χ0) is 13.7. The molecular weight excluding hydrogens is 232 g/mol. The average molecular weight is 254 g/mol. The van der Waals surface area contributed by atoms with Gasteiger partial charge in [0.1, 0.15) is 6.54 Å². The minimum absolute atomic E-state index is 0.128. The molecule has 6 heteroatoms. The van der Waals surface area contributed by atoms with Gasteiger partial charge in [0.05, 0.1) is 23.2 Å². The van der Waals surface area contributed by atoms with Crippen LogP contribution < -0.4 is 11.1 Å². The highest BCUT2D eigenvalue weighted by Crippen LogP contribution is 2.14. The van der Waals surface area contributed by atoms with E-state index < -0.39 is 6.10 Å². The molecule has 0 spiro atoms. The number of nitrogens with zero attached hydrogens (tertiary/aromatic N) is 2. The van der Waals surface area contributed by atoms with Gasteiger partial charge in [0, 0.05) is 6.54 Å². The Bertz CT molecular complexity index is 414. The molecule has 1 aromatic rings. The maximum absolute atomic E-state index is 11.7. The zero-order valence-corrected chi connectivity index (χ0v) is 11.2. The topological polar surface area (TPSA) is 93.2 Å². The second kappa shape index (κ2) is 6.39. The highest BCUT2D eigenvalue weighted by Gasteiger charge is 2.12. The van der Waals surface area contributed by atoms with Gasteiger partial charge in [-0.1, -0.05) is 13.3 Å². The number of aliphatic hydroxyl groups is 1. The number of aromatic nitrogens is 2. The van der Waals surface area contributed by atoms with Crippen molar-refractivity contribution in [1.29, 1.82) is 0 Å². The summed E-state index contributed by atoms with van der Waals surface area (Å²) in [6.07, 6.45) is 1.10. The van der Waals surface area contributed by atoms with E-state index in [2.05, 4.69) is 10.4 Å². The number of carbonyl (C=O) groups is 1. The molecule has 6 nitrogen and oxygen atoms in total. The van der Waals surface area contributed by atoms with Gasteiger partial charge in [0.25, 0.3) is 0 Å². The number of aryl methyl sites for hydroxylation is 1. The van der Waals surface area contributed by atoms with E-state index >= 15 is 0 Å². The first kappa shape index (κ1) is 14.5. The van der Waals surface area contributed by atoms with Crippen molar-refractivity contribution in [2.24, 2.45) is 0 Å². The van der Waals surface area contributed by atoms with Crippen LogP contribution in [-0.2, 0) is 11.3 Å². The molecule has 0 aromatic carbocycles. The van der Waals surface area contributed by atoms with E-state index in [1.807, 2.05) is 20.8 Å². The number of anilines is 1. The van der Waals surface area contributed by atoms with E-state index in [1.54, 1.807) is 4.68 Å². The van der Waals surface area contributed by atoms with E-state index in [1.165, 1.54) is 0 Å². The first-order valence-corrected chi connectivity index (χ1v) is 6.20. The summed E-state index contributed by atoms with van der Waals surface area (Å²) in [6, 6.07) is 0. The second-order valence-electron chi connectivity index (χ2n) is 4.49. The Balaban J connectivity index is 2.47. The van der Waals surface area contributed by atoms with E-state index in [0.717, 1.165) is 17.8 Å². The molecule has 1 unspecified atom stereocenters. The minimum atomic E-state index is -0.482. The number of hydrogen-bond acceptors (Lipinski definition) is 4.